The first kappa shape index (κ1) is 18.7. The van der Waals surface area contributed by atoms with Crippen LogP contribution in [-0.4, -0.2) is 11.1 Å². The van der Waals surface area contributed by atoms with Crippen LogP contribution >= 0.6 is 0 Å². The second-order valence-electron chi connectivity index (χ2n) is 5.55. The molecule has 1 fully saturated rings. The number of benzene rings is 1. The summed E-state index contributed by atoms with van der Waals surface area (Å²) in [6.45, 7) is 16.0. The Morgan fingerprint density at radius 1 is 0.900 bits per heavy atom. The molecule has 0 spiro atoms. The highest BCUT2D eigenvalue weighted by Crippen LogP contribution is 2.77. The van der Waals surface area contributed by atoms with Gasteiger partial charge in [0, 0.05) is 5.41 Å². The number of aliphatic carboxylic acids is 1. The highest BCUT2D eigenvalue weighted by Gasteiger charge is 2.81. The first-order valence-electron chi connectivity index (χ1n) is 7.59. The molecule has 0 bridgehead atoms. The van der Waals surface area contributed by atoms with E-state index in [1.165, 1.54) is 0 Å². The number of carboxylic acid groups (broad SMARTS) is 1. The standard InChI is InChI=1S/C14H18O2.2C2H6/c1-12(2)13(3,14(12,4)11(15)16)10-8-6-5-7-9-10;2*1-2/h5-9H,1-4H3,(H,15,16);2*1-2H3. The van der Waals surface area contributed by atoms with Gasteiger partial charge in [0.15, 0.2) is 0 Å². The van der Waals surface area contributed by atoms with Gasteiger partial charge in [0.1, 0.15) is 0 Å². The van der Waals surface area contributed by atoms with Crippen molar-refractivity contribution in [2.75, 3.05) is 0 Å². The Hall–Kier alpha value is -1.31. The van der Waals surface area contributed by atoms with Crippen LogP contribution in [0.2, 0.25) is 0 Å². The van der Waals surface area contributed by atoms with Gasteiger partial charge in [0.25, 0.3) is 0 Å². The van der Waals surface area contributed by atoms with Crippen molar-refractivity contribution >= 4 is 5.97 Å². The number of carbonyl (C=O) groups is 1. The van der Waals surface area contributed by atoms with E-state index in [1.54, 1.807) is 0 Å². The molecule has 20 heavy (non-hydrogen) atoms. The third-order valence-electron chi connectivity index (χ3n) is 5.22. The zero-order valence-corrected chi connectivity index (χ0v) is 14.2. The second-order valence-corrected chi connectivity index (χ2v) is 5.55. The van der Waals surface area contributed by atoms with Crippen LogP contribution in [0.3, 0.4) is 0 Å². The van der Waals surface area contributed by atoms with E-state index < -0.39 is 11.4 Å². The summed E-state index contributed by atoms with van der Waals surface area (Å²) >= 11 is 0. The Labute approximate surface area is 124 Å². The number of rotatable bonds is 2. The maximum Gasteiger partial charge on any atom is 0.310 e. The zero-order chi connectivity index (χ0) is 16.2. The topological polar surface area (TPSA) is 37.3 Å². The van der Waals surface area contributed by atoms with Crippen LogP contribution in [0.4, 0.5) is 0 Å². The lowest BCUT2D eigenvalue weighted by Crippen LogP contribution is -2.21. The minimum Gasteiger partial charge on any atom is -0.481 e. The van der Waals surface area contributed by atoms with E-state index in [0.717, 1.165) is 5.56 Å². The maximum absolute atomic E-state index is 11.5. The molecule has 0 heterocycles. The molecule has 0 amide bonds. The van der Waals surface area contributed by atoms with Gasteiger partial charge < -0.3 is 5.11 Å². The van der Waals surface area contributed by atoms with Crippen molar-refractivity contribution in [2.24, 2.45) is 10.8 Å². The zero-order valence-electron chi connectivity index (χ0n) is 14.2. The van der Waals surface area contributed by atoms with Crippen molar-refractivity contribution < 1.29 is 9.90 Å². The fourth-order valence-corrected chi connectivity index (χ4v) is 3.25. The van der Waals surface area contributed by atoms with Gasteiger partial charge in [-0.2, -0.15) is 0 Å². The third kappa shape index (κ3) is 2.15. The Balaban J connectivity index is 0.000000829. The van der Waals surface area contributed by atoms with Gasteiger partial charge in [-0.05, 0) is 17.9 Å². The molecular formula is C18H30O2. The Morgan fingerprint density at radius 2 is 1.30 bits per heavy atom. The summed E-state index contributed by atoms with van der Waals surface area (Å²) in [5, 5.41) is 9.45. The highest BCUT2D eigenvalue weighted by atomic mass is 16.4. The molecule has 2 unspecified atom stereocenters. The van der Waals surface area contributed by atoms with Crippen molar-refractivity contribution in [1.82, 2.24) is 0 Å². The average Bonchev–Trinajstić information content (AvgIpc) is 2.86. The van der Waals surface area contributed by atoms with Crippen LogP contribution in [0.25, 0.3) is 0 Å². The molecule has 0 aromatic heterocycles. The Bertz CT molecular complexity index is 436. The molecule has 1 aliphatic carbocycles. The van der Waals surface area contributed by atoms with E-state index in [0.29, 0.717) is 0 Å². The Kier molecular flexibility index (Phi) is 6.01. The van der Waals surface area contributed by atoms with Gasteiger partial charge in [-0.1, -0.05) is 78.8 Å². The summed E-state index contributed by atoms with van der Waals surface area (Å²) < 4.78 is 0. The van der Waals surface area contributed by atoms with Gasteiger partial charge >= 0.3 is 5.97 Å². The summed E-state index contributed by atoms with van der Waals surface area (Å²) in [6, 6.07) is 9.95. The lowest BCUT2D eigenvalue weighted by atomic mass is 9.88. The van der Waals surface area contributed by atoms with Crippen LogP contribution in [-0.2, 0) is 10.2 Å². The molecule has 2 nitrogen and oxygen atoms in total. The molecule has 114 valence electrons. The molecule has 0 saturated heterocycles. The van der Waals surface area contributed by atoms with E-state index in [9.17, 15) is 9.90 Å². The third-order valence-corrected chi connectivity index (χ3v) is 5.22. The molecule has 1 aromatic rings. The van der Waals surface area contributed by atoms with Crippen molar-refractivity contribution in [1.29, 1.82) is 0 Å². The molecule has 1 N–H and O–H groups in total. The van der Waals surface area contributed by atoms with E-state index in [2.05, 4.69) is 6.92 Å². The number of carboxylic acids is 1. The molecular weight excluding hydrogens is 248 g/mol. The first-order valence-corrected chi connectivity index (χ1v) is 7.59. The van der Waals surface area contributed by atoms with Crippen LogP contribution < -0.4 is 0 Å². The Morgan fingerprint density at radius 3 is 1.60 bits per heavy atom. The summed E-state index contributed by atoms with van der Waals surface area (Å²) in [5.74, 6) is -0.705. The number of hydrogen-bond donors (Lipinski definition) is 1. The molecule has 1 aliphatic rings. The lowest BCUT2D eigenvalue weighted by Gasteiger charge is -2.15. The summed E-state index contributed by atoms with van der Waals surface area (Å²) in [5.41, 5.74) is -0.0633. The molecule has 2 heteroatoms. The van der Waals surface area contributed by atoms with Crippen molar-refractivity contribution in [3.05, 3.63) is 35.9 Å². The van der Waals surface area contributed by atoms with Gasteiger partial charge in [-0.25, -0.2) is 0 Å². The van der Waals surface area contributed by atoms with E-state index in [-0.39, 0.29) is 10.8 Å². The fourth-order valence-electron chi connectivity index (χ4n) is 3.25. The molecule has 2 atom stereocenters. The van der Waals surface area contributed by atoms with E-state index in [4.69, 9.17) is 0 Å². The van der Waals surface area contributed by atoms with Crippen molar-refractivity contribution in [3.8, 4) is 0 Å². The molecule has 1 saturated carbocycles. The second kappa shape index (κ2) is 6.43. The normalized spacial score (nSPS) is 29.2. The van der Waals surface area contributed by atoms with Gasteiger partial charge in [-0.15, -0.1) is 0 Å². The van der Waals surface area contributed by atoms with Gasteiger partial charge in [0.2, 0.25) is 0 Å². The molecule has 0 aliphatic heterocycles. The summed E-state index contributed by atoms with van der Waals surface area (Å²) in [4.78, 5) is 11.5. The predicted molar refractivity (Wildman–Crippen MR) is 86.0 cm³/mol. The van der Waals surface area contributed by atoms with Gasteiger partial charge in [-0.3, -0.25) is 4.79 Å². The average molecular weight is 278 g/mol. The van der Waals surface area contributed by atoms with E-state index >= 15 is 0 Å². The lowest BCUT2D eigenvalue weighted by molar-refractivity contribution is -0.144. The first-order chi connectivity index (χ1) is 9.30. The number of hydrogen-bond acceptors (Lipinski definition) is 1. The van der Waals surface area contributed by atoms with Crippen LogP contribution in [0, 0.1) is 10.8 Å². The van der Waals surface area contributed by atoms with Crippen LogP contribution in [0.15, 0.2) is 30.3 Å². The smallest absolute Gasteiger partial charge is 0.310 e. The van der Waals surface area contributed by atoms with Crippen molar-refractivity contribution in [2.45, 2.75) is 60.8 Å². The summed E-state index contributed by atoms with van der Waals surface area (Å²) in [6.07, 6.45) is 0. The maximum atomic E-state index is 11.5. The highest BCUT2D eigenvalue weighted by molar-refractivity contribution is 5.84. The fraction of sp³-hybridized carbons (Fsp3) is 0.611. The monoisotopic (exact) mass is 278 g/mol. The SMILES string of the molecule is CC.CC.CC1(C)C(C)(C(=O)O)C1(C)c1ccccc1. The van der Waals surface area contributed by atoms with Crippen molar-refractivity contribution in [3.63, 3.8) is 0 Å². The minimum atomic E-state index is -0.705. The van der Waals surface area contributed by atoms with Gasteiger partial charge in [0.05, 0.1) is 5.41 Å². The minimum absolute atomic E-state index is 0.215. The largest absolute Gasteiger partial charge is 0.481 e. The van der Waals surface area contributed by atoms with E-state index in [1.807, 2.05) is 78.8 Å². The molecule has 0 radical (unpaired) electrons. The molecule has 2 rings (SSSR count). The van der Waals surface area contributed by atoms with Crippen LogP contribution in [0.1, 0.15) is 61.0 Å². The van der Waals surface area contributed by atoms with Crippen LogP contribution in [0.5, 0.6) is 0 Å². The predicted octanol–water partition coefficient (Wildman–Crippen LogP) is 5.13. The summed E-state index contributed by atoms with van der Waals surface area (Å²) in [7, 11) is 0. The quantitative estimate of drug-likeness (QED) is 0.814. The molecule has 1 aromatic carbocycles.